The van der Waals surface area contributed by atoms with E-state index in [1.54, 1.807) is 30.3 Å². The average molecular weight is 554 g/mol. The summed E-state index contributed by atoms with van der Waals surface area (Å²) in [6, 6.07) is 12.0. The molecular weight excluding hydrogens is 537 g/mol. The van der Waals surface area contributed by atoms with E-state index in [4.69, 9.17) is 38.4 Å². The number of anilines is 3. The van der Waals surface area contributed by atoms with Gasteiger partial charge in [-0.2, -0.15) is 8.42 Å². The largest absolute Gasteiger partial charge is 0.493 e. The lowest BCUT2D eigenvalue weighted by Crippen LogP contribution is -2.28. The number of amides is 1. The Balaban J connectivity index is 2.01. The van der Waals surface area contributed by atoms with Crippen LogP contribution in [0.3, 0.4) is 0 Å². The highest BCUT2D eigenvalue weighted by Crippen LogP contribution is 2.41. The molecule has 9 nitrogen and oxygen atoms in total. The van der Waals surface area contributed by atoms with Crippen LogP contribution in [-0.4, -0.2) is 38.1 Å². The van der Waals surface area contributed by atoms with Crippen molar-refractivity contribution in [3.63, 3.8) is 0 Å². The molecule has 0 unspecified atom stereocenters. The number of nitrogens with two attached hydrogens (primary N) is 1. The minimum Gasteiger partial charge on any atom is -0.493 e. The molecule has 0 bridgehead atoms. The SMILES string of the molecule is COc1ccc(N(C(=O)c2c(Cl)cc(Cl)cc2S(=O)(=O)O)c2nc3c(N)cccc3s2)cc1OC. The van der Waals surface area contributed by atoms with E-state index in [-0.39, 0.29) is 20.9 Å². The molecule has 1 amide bonds. The number of nitrogen functional groups attached to an aromatic ring is 1. The topological polar surface area (TPSA) is 132 Å². The Morgan fingerprint density at radius 2 is 1.80 bits per heavy atom. The molecule has 1 heterocycles. The molecule has 3 aromatic carbocycles. The van der Waals surface area contributed by atoms with Crippen LogP contribution in [0.4, 0.5) is 16.5 Å². The van der Waals surface area contributed by atoms with Crippen molar-refractivity contribution in [2.24, 2.45) is 0 Å². The summed E-state index contributed by atoms with van der Waals surface area (Å²) in [6.07, 6.45) is 0. The van der Waals surface area contributed by atoms with Crippen molar-refractivity contribution in [3.05, 3.63) is 64.1 Å². The molecule has 0 spiro atoms. The molecule has 182 valence electrons. The molecule has 0 atom stereocenters. The lowest BCUT2D eigenvalue weighted by Gasteiger charge is -2.23. The number of carbonyl (C=O) groups is 1. The van der Waals surface area contributed by atoms with Gasteiger partial charge < -0.3 is 15.2 Å². The maximum absolute atomic E-state index is 13.9. The third-order valence-electron chi connectivity index (χ3n) is 4.97. The lowest BCUT2D eigenvalue weighted by molar-refractivity contribution is 0.0996. The summed E-state index contributed by atoms with van der Waals surface area (Å²) < 4.78 is 45.4. The fourth-order valence-corrected chi connectivity index (χ4v) is 5.85. The lowest BCUT2D eigenvalue weighted by atomic mass is 10.1. The summed E-state index contributed by atoms with van der Waals surface area (Å²) >= 11 is 13.4. The smallest absolute Gasteiger partial charge is 0.295 e. The van der Waals surface area contributed by atoms with Crippen LogP contribution in [-0.2, 0) is 10.1 Å². The number of fused-ring (bicyclic) bond motifs is 1. The van der Waals surface area contributed by atoms with E-state index in [0.717, 1.165) is 22.3 Å². The van der Waals surface area contributed by atoms with Gasteiger partial charge in [0.2, 0.25) is 0 Å². The van der Waals surface area contributed by atoms with Crippen LogP contribution >= 0.6 is 34.5 Å². The first-order valence-corrected chi connectivity index (χ1v) is 12.7. The van der Waals surface area contributed by atoms with E-state index in [1.807, 2.05) is 0 Å². The van der Waals surface area contributed by atoms with E-state index in [0.29, 0.717) is 27.4 Å². The van der Waals surface area contributed by atoms with Crippen molar-refractivity contribution in [2.45, 2.75) is 4.90 Å². The average Bonchev–Trinajstić information content (AvgIpc) is 3.23. The van der Waals surface area contributed by atoms with Gasteiger partial charge in [0.25, 0.3) is 16.0 Å². The Kier molecular flexibility index (Phi) is 6.80. The van der Waals surface area contributed by atoms with Crippen LogP contribution < -0.4 is 20.1 Å². The van der Waals surface area contributed by atoms with Gasteiger partial charge in [-0.3, -0.25) is 14.2 Å². The Hall–Kier alpha value is -3.09. The molecule has 1 aromatic heterocycles. The molecule has 4 rings (SSSR count). The van der Waals surface area contributed by atoms with Gasteiger partial charge in [-0.1, -0.05) is 40.6 Å². The molecule has 3 N–H and O–H groups in total. The Morgan fingerprint density at radius 3 is 2.43 bits per heavy atom. The number of rotatable bonds is 6. The van der Waals surface area contributed by atoms with Crippen LogP contribution in [0, 0.1) is 0 Å². The number of hydrogen-bond donors (Lipinski definition) is 2. The van der Waals surface area contributed by atoms with E-state index in [1.165, 1.54) is 26.4 Å². The number of halogens is 2. The van der Waals surface area contributed by atoms with Crippen molar-refractivity contribution in [3.8, 4) is 11.5 Å². The number of thiazole rings is 1. The van der Waals surface area contributed by atoms with Crippen LogP contribution in [0.5, 0.6) is 11.5 Å². The summed E-state index contributed by atoms with van der Waals surface area (Å²) in [5.74, 6) is -0.176. The quantitative estimate of drug-likeness (QED) is 0.238. The molecule has 0 aliphatic rings. The highest BCUT2D eigenvalue weighted by molar-refractivity contribution is 7.86. The van der Waals surface area contributed by atoms with Gasteiger partial charge in [-0.15, -0.1) is 0 Å². The van der Waals surface area contributed by atoms with E-state index >= 15 is 0 Å². The zero-order valence-electron chi connectivity index (χ0n) is 18.2. The number of nitrogens with zero attached hydrogens (tertiary/aromatic N) is 2. The molecule has 0 fully saturated rings. The van der Waals surface area contributed by atoms with Crippen molar-refractivity contribution in [2.75, 3.05) is 24.9 Å². The molecular formula is C22H17Cl2N3O6S2. The van der Waals surface area contributed by atoms with Gasteiger partial charge >= 0.3 is 0 Å². The van der Waals surface area contributed by atoms with Gasteiger partial charge in [-0.25, -0.2) is 4.98 Å². The molecule has 4 aromatic rings. The monoisotopic (exact) mass is 553 g/mol. The molecule has 0 aliphatic heterocycles. The summed E-state index contributed by atoms with van der Waals surface area (Å²) in [6.45, 7) is 0. The number of methoxy groups -OCH3 is 2. The van der Waals surface area contributed by atoms with Crippen LogP contribution in [0.15, 0.2) is 53.4 Å². The first-order chi connectivity index (χ1) is 16.5. The van der Waals surface area contributed by atoms with Crippen molar-refractivity contribution in [1.82, 2.24) is 4.98 Å². The van der Waals surface area contributed by atoms with E-state index < -0.39 is 26.5 Å². The summed E-state index contributed by atoms with van der Waals surface area (Å²) in [4.78, 5) is 18.9. The van der Waals surface area contributed by atoms with E-state index in [2.05, 4.69) is 4.98 Å². The third kappa shape index (κ3) is 4.73. The predicted molar refractivity (Wildman–Crippen MR) is 136 cm³/mol. The second-order valence-corrected chi connectivity index (χ2v) is 10.3. The molecule has 0 aliphatic carbocycles. The highest BCUT2D eigenvalue weighted by Gasteiger charge is 2.32. The minimum atomic E-state index is -4.87. The summed E-state index contributed by atoms with van der Waals surface area (Å²) in [5, 5.41) is -0.187. The van der Waals surface area contributed by atoms with Crippen LogP contribution in [0.2, 0.25) is 10.0 Å². The van der Waals surface area contributed by atoms with Crippen molar-refractivity contribution in [1.29, 1.82) is 0 Å². The number of para-hydroxylation sites is 1. The first kappa shape index (κ1) is 25.0. The normalized spacial score (nSPS) is 11.5. The van der Waals surface area contributed by atoms with E-state index in [9.17, 15) is 17.8 Å². The predicted octanol–water partition coefficient (Wildman–Crippen LogP) is 5.43. The zero-order chi connectivity index (χ0) is 25.5. The maximum Gasteiger partial charge on any atom is 0.295 e. The second-order valence-electron chi connectivity index (χ2n) is 7.11. The van der Waals surface area contributed by atoms with Gasteiger partial charge in [0.1, 0.15) is 10.4 Å². The van der Waals surface area contributed by atoms with Crippen LogP contribution in [0.1, 0.15) is 10.4 Å². The number of benzene rings is 3. The summed E-state index contributed by atoms with van der Waals surface area (Å²) in [7, 11) is -1.98. The fourth-order valence-electron chi connectivity index (χ4n) is 3.41. The molecule has 0 saturated heterocycles. The molecule has 13 heteroatoms. The molecule has 35 heavy (non-hydrogen) atoms. The van der Waals surface area contributed by atoms with Gasteiger partial charge in [0, 0.05) is 11.1 Å². The number of ether oxygens (including phenoxy) is 2. The maximum atomic E-state index is 13.9. The first-order valence-electron chi connectivity index (χ1n) is 9.73. The highest BCUT2D eigenvalue weighted by atomic mass is 35.5. The Labute approximate surface area is 214 Å². The zero-order valence-corrected chi connectivity index (χ0v) is 21.3. The third-order valence-corrected chi connectivity index (χ3v) is 7.37. The fraction of sp³-hybridized carbons (Fsp3) is 0.0909. The number of aromatic nitrogens is 1. The standard InChI is InChI=1S/C22H17Cl2N3O6S2/c1-32-15-7-6-12(10-16(15)33-2)27(22-26-20-14(25)4-3-5-17(20)34-22)21(28)19-13(24)8-11(23)9-18(19)35(29,30)31/h3-10H,25H2,1-2H3,(H,29,30,31). The molecule has 0 radical (unpaired) electrons. The Morgan fingerprint density at radius 1 is 1.09 bits per heavy atom. The van der Waals surface area contributed by atoms with Crippen molar-refractivity contribution >= 4 is 77.3 Å². The van der Waals surface area contributed by atoms with Crippen LogP contribution in [0.25, 0.3) is 10.2 Å². The summed E-state index contributed by atoms with van der Waals surface area (Å²) in [5.41, 5.74) is 6.69. The van der Waals surface area contributed by atoms with Gasteiger partial charge in [0.05, 0.1) is 40.9 Å². The number of hydrogen-bond acceptors (Lipinski definition) is 8. The minimum absolute atomic E-state index is 0.0791. The van der Waals surface area contributed by atoms with Crippen molar-refractivity contribution < 1.29 is 27.2 Å². The van der Waals surface area contributed by atoms with Gasteiger partial charge in [0.15, 0.2) is 16.6 Å². The second kappa shape index (κ2) is 9.51. The Bertz CT molecular complexity index is 1570. The number of carbonyl (C=O) groups excluding carboxylic acids is 1. The van der Waals surface area contributed by atoms with Gasteiger partial charge in [-0.05, 0) is 36.4 Å². The molecule has 0 saturated carbocycles.